The number of fused-ring (bicyclic) bond motifs is 1. The molecule has 112 valence electrons. The SMILES string of the molecule is O=C1C(=Cc2ccc(C(F)(F)F)cc2)Oc2ccc(Br)cc21. The summed E-state index contributed by atoms with van der Waals surface area (Å²) in [6.45, 7) is 0. The quantitative estimate of drug-likeness (QED) is 0.655. The van der Waals surface area contributed by atoms with Crippen LogP contribution in [0.15, 0.2) is 52.7 Å². The minimum Gasteiger partial charge on any atom is -0.452 e. The number of ketones is 1. The minimum atomic E-state index is -4.38. The van der Waals surface area contributed by atoms with Crippen molar-refractivity contribution in [2.75, 3.05) is 0 Å². The molecule has 2 nitrogen and oxygen atoms in total. The van der Waals surface area contributed by atoms with Crippen LogP contribution >= 0.6 is 15.9 Å². The van der Waals surface area contributed by atoms with E-state index in [1.165, 1.54) is 18.2 Å². The number of carbonyl (C=O) groups is 1. The number of Topliss-reactive ketones (excluding diaryl/α,β-unsaturated/α-hetero) is 1. The first kappa shape index (κ1) is 14.8. The molecule has 0 spiro atoms. The first-order valence-corrected chi connectivity index (χ1v) is 7.05. The molecule has 0 saturated heterocycles. The van der Waals surface area contributed by atoms with Gasteiger partial charge in [0.25, 0.3) is 0 Å². The fourth-order valence-electron chi connectivity index (χ4n) is 2.08. The maximum Gasteiger partial charge on any atom is 0.416 e. The van der Waals surface area contributed by atoms with Crippen molar-refractivity contribution in [3.05, 3.63) is 69.4 Å². The second kappa shape index (κ2) is 5.28. The van der Waals surface area contributed by atoms with Crippen LogP contribution in [-0.4, -0.2) is 5.78 Å². The van der Waals surface area contributed by atoms with Crippen molar-refractivity contribution < 1.29 is 22.7 Å². The third-order valence-electron chi connectivity index (χ3n) is 3.17. The van der Waals surface area contributed by atoms with Crippen LogP contribution in [0.2, 0.25) is 0 Å². The summed E-state index contributed by atoms with van der Waals surface area (Å²) in [5, 5.41) is 0. The lowest BCUT2D eigenvalue weighted by molar-refractivity contribution is -0.137. The van der Waals surface area contributed by atoms with Gasteiger partial charge in [-0.3, -0.25) is 4.79 Å². The van der Waals surface area contributed by atoms with Gasteiger partial charge in [0.2, 0.25) is 5.78 Å². The molecule has 2 aromatic carbocycles. The number of allylic oxidation sites excluding steroid dienone is 1. The molecule has 1 heterocycles. The Kier molecular flexibility index (Phi) is 3.56. The third kappa shape index (κ3) is 2.78. The molecule has 1 aliphatic heterocycles. The zero-order valence-electron chi connectivity index (χ0n) is 10.9. The highest BCUT2D eigenvalue weighted by Gasteiger charge is 2.30. The van der Waals surface area contributed by atoms with Crippen molar-refractivity contribution in [3.8, 4) is 5.75 Å². The van der Waals surface area contributed by atoms with Crippen LogP contribution in [0.3, 0.4) is 0 Å². The molecule has 6 heteroatoms. The second-order valence-corrected chi connectivity index (χ2v) is 5.62. The molecule has 2 aromatic rings. The van der Waals surface area contributed by atoms with Crippen LogP contribution in [-0.2, 0) is 6.18 Å². The standard InChI is InChI=1S/C16H8BrF3O2/c17-11-5-6-13-12(8-11)15(21)14(22-13)7-9-1-3-10(4-2-9)16(18,19)20/h1-8H. The van der Waals surface area contributed by atoms with Crippen molar-refractivity contribution in [2.45, 2.75) is 6.18 Å². The van der Waals surface area contributed by atoms with Crippen LogP contribution in [0.5, 0.6) is 5.75 Å². The predicted molar refractivity (Wildman–Crippen MR) is 78.5 cm³/mol. The van der Waals surface area contributed by atoms with Gasteiger partial charge in [0, 0.05) is 4.47 Å². The van der Waals surface area contributed by atoms with E-state index in [9.17, 15) is 18.0 Å². The Morgan fingerprint density at radius 3 is 2.36 bits per heavy atom. The fraction of sp³-hybridized carbons (Fsp3) is 0.0625. The maximum atomic E-state index is 12.5. The molecule has 0 fully saturated rings. The molecule has 0 aromatic heterocycles. The van der Waals surface area contributed by atoms with E-state index < -0.39 is 11.7 Å². The van der Waals surface area contributed by atoms with Gasteiger partial charge in [-0.2, -0.15) is 13.2 Å². The Labute approximate surface area is 132 Å². The van der Waals surface area contributed by atoms with E-state index in [2.05, 4.69) is 15.9 Å². The molecule has 0 atom stereocenters. The smallest absolute Gasteiger partial charge is 0.416 e. The molecule has 0 saturated carbocycles. The van der Waals surface area contributed by atoms with E-state index in [0.29, 0.717) is 16.9 Å². The zero-order chi connectivity index (χ0) is 15.9. The number of carbonyl (C=O) groups excluding carboxylic acids is 1. The van der Waals surface area contributed by atoms with Crippen LogP contribution in [0.4, 0.5) is 13.2 Å². The highest BCUT2D eigenvalue weighted by Crippen LogP contribution is 2.34. The number of benzene rings is 2. The molecule has 0 bridgehead atoms. The van der Waals surface area contributed by atoms with Gasteiger partial charge in [0.15, 0.2) is 5.76 Å². The second-order valence-electron chi connectivity index (χ2n) is 4.70. The fourth-order valence-corrected chi connectivity index (χ4v) is 2.44. The molecule has 1 aliphatic rings. The van der Waals surface area contributed by atoms with Crippen LogP contribution in [0.25, 0.3) is 6.08 Å². The first-order valence-electron chi connectivity index (χ1n) is 6.26. The van der Waals surface area contributed by atoms with E-state index >= 15 is 0 Å². The average molecular weight is 369 g/mol. The number of rotatable bonds is 1. The van der Waals surface area contributed by atoms with Gasteiger partial charge in [-0.25, -0.2) is 0 Å². The average Bonchev–Trinajstić information content (AvgIpc) is 2.75. The molecule has 3 rings (SSSR count). The van der Waals surface area contributed by atoms with Gasteiger partial charge in [-0.05, 0) is 42.0 Å². The predicted octanol–water partition coefficient (Wildman–Crippen LogP) is 5.08. The number of ether oxygens (including phenoxy) is 1. The molecular weight excluding hydrogens is 361 g/mol. The maximum absolute atomic E-state index is 12.5. The molecule has 22 heavy (non-hydrogen) atoms. The highest BCUT2D eigenvalue weighted by atomic mass is 79.9. The Morgan fingerprint density at radius 2 is 1.73 bits per heavy atom. The molecule has 0 aliphatic carbocycles. The monoisotopic (exact) mass is 368 g/mol. The summed E-state index contributed by atoms with van der Waals surface area (Å²) in [5.41, 5.74) is 0.149. The summed E-state index contributed by atoms with van der Waals surface area (Å²) in [7, 11) is 0. The third-order valence-corrected chi connectivity index (χ3v) is 3.66. The Bertz CT molecular complexity index is 777. The molecule has 0 N–H and O–H groups in total. The van der Waals surface area contributed by atoms with Gasteiger partial charge < -0.3 is 4.74 Å². The first-order chi connectivity index (χ1) is 10.3. The van der Waals surface area contributed by atoms with Gasteiger partial charge in [-0.1, -0.05) is 28.1 Å². The topological polar surface area (TPSA) is 26.3 Å². The molecular formula is C16H8BrF3O2. The van der Waals surface area contributed by atoms with E-state index in [-0.39, 0.29) is 11.5 Å². The van der Waals surface area contributed by atoms with Gasteiger partial charge >= 0.3 is 6.18 Å². The summed E-state index contributed by atoms with van der Waals surface area (Å²) < 4.78 is 43.7. The van der Waals surface area contributed by atoms with Crippen LogP contribution in [0, 0.1) is 0 Å². The van der Waals surface area contributed by atoms with Crippen LogP contribution < -0.4 is 4.74 Å². The van der Waals surface area contributed by atoms with E-state index in [0.717, 1.165) is 16.6 Å². The largest absolute Gasteiger partial charge is 0.452 e. The van der Waals surface area contributed by atoms with Crippen molar-refractivity contribution in [2.24, 2.45) is 0 Å². The summed E-state index contributed by atoms with van der Waals surface area (Å²) in [6, 6.07) is 9.57. The van der Waals surface area contributed by atoms with Crippen LogP contribution in [0.1, 0.15) is 21.5 Å². The van der Waals surface area contributed by atoms with Gasteiger partial charge in [0.05, 0.1) is 11.1 Å². The summed E-state index contributed by atoms with van der Waals surface area (Å²) in [6.07, 6.45) is -2.95. The number of hydrogen-bond acceptors (Lipinski definition) is 2. The van der Waals surface area contributed by atoms with Crippen molar-refractivity contribution >= 4 is 27.8 Å². The number of alkyl halides is 3. The lowest BCUT2D eigenvalue weighted by Gasteiger charge is -2.06. The van der Waals surface area contributed by atoms with Crippen molar-refractivity contribution in [3.63, 3.8) is 0 Å². The Hall–Kier alpha value is -2.08. The molecule has 0 amide bonds. The Morgan fingerprint density at radius 1 is 1.05 bits per heavy atom. The summed E-state index contributed by atoms with van der Waals surface area (Å²) >= 11 is 3.27. The normalized spacial score (nSPS) is 15.8. The lowest BCUT2D eigenvalue weighted by atomic mass is 10.1. The highest BCUT2D eigenvalue weighted by molar-refractivity contribution is 9.10. The van der Waals surface area contributed by atoms with Gasteiger partial charge in [-0.15, -0.1) is 0 Å². The zero-order valence-corrected chi connectivity index (χ0v) is 12.5. The van der Waals surface area contributed by atoms with Crippen molar-refractivity contribution in [1.82, 2.24) is 0 Å². The summed E-state index contributed by atoms with van der Waals surface area (Å²) in [4.78, 5) is 12.2. The molecule has 0 radical (unpaired) electrons. The van der Waals surface area contributed by atoms with E-state index in [1.54, 1.807) is 18.2 Å². The minimum absolute atomic E-state index is 0.0906. The van der Waals surface area contributed by atoms with Gasteiger partial charge in [0.1, 0.15) is 5.75 Å². The van der Waals surface area contributed by atoms with E-state index in [1.807, 2.05) is 0 Å². The molecule has 0 unspecified atom stereocenters. The van der Waals surface area contributed by atoms with Crippen molar-refractivity contribution in [1.29, 1.82) is 0 Å². The Balaban J connectivity index is 1.90. The summed E-state index contributed by atoms with van der Waals surface area (Å²) in [5.74, 6) is 0.232. The lowest BCUT2D eigenvalue weighted by Crippen LogP contribution is -2.04. The van der Waals surface area contributed by atoms with E-state index in [4.69, 9.17) is 4.74 Å². The number of halogens is 4. The number of hydrogen-bond donors (Lipinski definition) is 0.